The number of rotatable bonds is 5. The van der Waals surface area contributed by atoms with Crippen molar-refractivity contribution in [3.8, 4) is 5.75 Å². The highest BCUT2D eigenvalue weighted by Crippen LogP contribution is 2.23. The first-order valence-corrected chi connectivity index (χ1v) is 7.12. The number of ether oxygens (including phenoxy) is 1. The second-order valence-corrected chi connectivity index (χ2v) is 5.43. The molecule has 0 aliphatic rings. The number of methoxy groups -OCH3 is 1. The minimum absolute atomic E-state index is 0.296. The number of nitrogens with one attached hydrogen (secondary N) is 1. The van der Waals surface area contributed by atoms with Crippen LogP contribution in [0, 0.1) is 6.92 Å². The number of hydrogen-bond acceptors (Lipinski definition) is 2. The highest BCUT2D eigenvalue weighted by atomic mass is 35.5. The SMILES string of the molecule is COc1ccccc1CC(C)Nc1ccc(C)c(Cl)c1. The third-order valence-electron chi connectivity index (χ3n) is 3.30. The van der Waals surface area contributed by atoms with Gasteiger partial charge < -0.3 is 10.1 Å². The molecule has 0 bridgehead atoms. The maximum Gasteiger partial charge on any atom is 0.122 e. The average molecular weight is 290 g/mol. The van der Waals surface area contributed by atoms with E-state index >= 15 is 0 Å². The van der Waals surface area contributed by atoms with Crippen molar-refractivity contribution in [1.29, 1.82) is 0 Å². The first kappa shape index (κ1) is 14.7. The molecule has 106 valence electrons. The first-order chi connectivity index (χ1) is 9.60. The Balaban J connectivity index is 2.05. The molecular weight excluding hydrogens is 270 g/mol. The van der Waals surface area contributed by atoms with Crippen molar-refractivity contribution in [2.24, 2.45) is 0 Å². The van der Waals surface area contributed by atoms with Crippen molar-refractivity contribution in [2.45, 2.75) is 26.3 Å². The van der Waals surface area contributed by atoms with Crippen molar-refractivity contribution in [3.63, 3.8) is 0 Å². The normalized spacial score (nSPS) is 12.0. The van der Waals surface area contributed by atoms with E-state index in [9.17, 15) is 0 Å². The highest BCUT2D eigenvalue weighted by Gasteiger charge is 2.08. The van der Waals surface area contributed by atoms with Crippen molar-refractivity contribution >= 4 is 17.3 Å². The predicted molar refractivity (Wildman–Crippen MR) is 86.0 cm³/mol. The Bertz CT molecular complexity index is 583. The van der Waals surface area contributed by atoms with Gasteiger partial charge in [-0.1, -0.05) is 35.9 Å². The summed E-state index contributed by atoms with van der Waals surface area (Å²) >= 11 is 6.15. The molecule has 0 fully saturated rings. The van der Waals surface area contributed by atoms with Gasteiger partial charge in [-0.05, 0) is 49.6 Å². The standard InChI is InChI=1S/C17H20ClNO/c1-12-8-9-15(11-16(12)18)19-13(2)10-14-6-4-5-7-17(14)20-3/h4-9,11,13,19H,10H2,1-3H3. The van der Waals surface area contributed by atoms with Crippen LogP contribution in [-0.4, -0.2) is 13.2 Å². The second-order valence-electron chi connectivity index (χ2n) is 5.03. The van der Waals surface area contributed by atoms with Crippen LogP contribution >= 0.6 is 11.6 Å². The van der Waals surface area contributed by atoms with Gasteiger partial charge in [-0.15, -0.1) is 0 Å². The van der Waals surface area contributed by atoms with Crippen LogP contribution in [0.15, 0.2) is 42.5 Å². The van der Waals surface area contributed by atoms with Crippen LogP contribution in [0.1, 0.15) is 18.1 Å². The van der Waals surface area contributed by atoms with E-state index in [1.807, 2.05) is 37.3 Å². The lowest BCUT2D eigenvalue weighted by Crippen LogP contribution is -2.18. The Kier molecular flexibility index (Phi) is 4.91. The highest BCUT2D eigenvalue weighted by molar-refractivity contribution is 6.31. The minimum atomic E-state index is 0.296. The van der Waals surface area contributed by atoms with E-state index in [4.69, 9.17) is 16.3 Å². The number of hydrogen-bond donors (Lipinski definition) is 1. The summed E-state index contributed by atoms with van der Waals surface area (Å²) in [5.41, 5.74) is 3.34. The van der Waals surface area contributed by atoms with Crippen LogP contribution in [-0.2, 0) is 6.42 Å². The fraction of sp³-hybridized carbons (Fsp3) is 0.294. The molecule has 0 heterocycles. The van der Waals surface area contributed by atoms with Gasteiger partial charge in [0.05, 0.1) is 7.11 Å². The molecule has 0 aromatic heterocycles. The molecule has 0 radical (unpaired) electrons. The largest absolute Gasteiger partial charge is 0.496 e. The van der Waals surface area contributed by atoms with Crippen molar-refractivity contribution in [2.75, 3.05) is 12.4 Å². The summed E-state index contributed by atoms with van der Waals surface area (Å²) in [7, 11) is 1.71. The summed E-state index contributed by atoms with van der Waals surface area (Å²) in [6, 6.07) is 14.5. The van der Waals surface area contributed by atoms with E-state index in [1.54, 1.807) is 7.11 Å². The van der Waals surface area contributed by atoms with Crippen LogP contribution in [0.5, 0.6) is 5.75 Å². The third kappa shape index (κ3) is 3.67. The molecule has 2 aromatic rings. The average Bonchev–Trinajstić information content (AvgIpc) is 2.43. The van der Waals surface area contributed by atoms with Gasteiger partial charge in [0.25, 0.3) is 0 Å². The molecule has 1 unspecified atom stereocenters. The zero-order valence-corrected chi connectivity index (χ0v) is 12.9. The Hall–Kier alpha value is -1.67. The van der Waals surface area contributed by atoms with Gasteiger partial charge in [-0.25, -0.2) is 0 Å². The summed E-state index contributed by atoms with van der Waals surface area (Å²) in [6.45, 7) is 4.16. The lowest BCUT2D eigenvalue weighted by Gasteiger charge is -2.17. The summed E-state index contributed by atoms with van der Waals surface area (Å²) in [6.07, 6.45) is 0.898. The van der Waals surface area contributed by atoms with E-state index in [-0.39, 0.29) is 0 Å². The van der Waals surface area contributed by atoms with Gasteiger partial charge in [0, 0.05) is 16.8 Å². The Morgan fingerprint density at radius 3 is 2.65 bits per heavy atom. The molecular formula is C17H20ClNO. The van der Waals surface area contributed by atoms with Gasteiger partial charge in [-0.2, -0.15) is 0 Å². The third-order valence-corrected chi connectivity index (χ3v) is 3.71. The Morgan fingerprint density at radius 2 is 1.95 bits per heavy atom. The van der Waals surface area contributed by atoms with Crippen LogP contribution < -0.4 is 10.1 Å². The summed E-state index contributed by atoms with van der Waals surface area (Å²) in [5, 5.41) is 4.26. The fourth-order valence-electron chi connectivity index (χ4n) is 2.22. The molecule has 0 aliphatic carbocycles. The molecule has 0 saturated carbocycles. The van der Waals surface area contributed by atoms with E-state index in [0.717, 1.165) is 28.4 Å². The molecule has 1 N–H and O–H groups in total. The monoisotopic (exact) mass is 289 g/mol. The molecule has 20 heavy (non-hydrogen) atoms. The van der Waals surface area contributed by atoms with Gasteiger partial charge in [0.15, 0.2) is 0 Å². The molecule has 2 aromatic carbocycles. The van der Waals surface area contributed by atoms with E-state index in [0.29, 0.717) is 6.04 Å². The number of aryl methyl sites for hydroxylation is 1. The number of para-hydroxylation sites is 1. The van der Waals surface area contributed by atoms with Gasteiger partial charge in [0.1, 0.15) is 5.75 Å². The summed E-state index contributed by atoms with van der Waals surface area (Å²) < 4.78 is 5.38. The topological polar surface area (TPSA) is 21.3 Å². The number of benzene rings is 2. The molecule has 0 spiro atoms. The Labute approximate surface area is 125 Å². The van der Waals surface area contributed by atoms with E-state index < -0.39 is 0 Å². The summed E-state index contributed by atoms with van der Waals surface area (Å²) in [4.78, 5) is 0. The molecule has 1 atom stereocenters. The maximum atomic E-state index is 6.15. The van der Waals surface area contributed by atoms with Gasteiger partial charge in [0.2, 0.25) is 0 Å². The number of anilines is 1. The maximum absolute atomic E-state index is 6.15. The molecule has 2 nitrogen and oxygen atoms in total. The molecule has 0 aliphatic heterocycles. The zero-order chi connectivity index (χ0) is 14.5. The quantitative estimate of drug-likeness (QED) is 0.861. The smallest absolute Gasteiger partial charge is 0.122 e. The van der Waals surface area contributed by atoms with Crippen LogP contribution in [0.3, 0.4) is 0 Å². The van der Waals surface area contributed by atoms with Crippen LogP contribution in [0.25, 0.3) is 0 Å². The zero-order valence-electron chi connectivity index (χ0n) is 12.1. The number of halogens is 1. The first-order valence-electron chi connectivity index (χ1n) is 6.74. The van der Waals surface area contributed by atoms with Crippen molar-refractivity contribution < 1.29 is 4.74 Å². The lowest BCUT2D eigenvalue weighted by atomic mass is 10.1. The van der Waals surface area contributed by atoms with Crippen LogP contribution in [0.4, 0.5) is 5.69 Å². The molecule has 2 rings (SSSR count). The van der Waals surface area contributed by atoms with Crippen molar-refractivity contribution in [1.82, 2.24) is 0 Å². The lowest BCUT2D eigenvalue weighted by molar-refractivity contribution is 0.409. The van der Waals surface area contributed by atoms with Gasteiger partial charge >= 0.3 is 0 Å². The fourth-order valence-corrected chi connectivity index (χ4v) is 2.40. The Morgan fingerprint density at radius 1 is 1.20 bits per heavy atom. The van der Waals surface area contributed by atoms with E-state index in [2.05, 4.69) is 24.4 Å². The summed E-state index contributed by atoms with van der Waals surface area (Å²) in [5.74, 6) is 0.933. The van der Waals surface area contributed by atoms with Gasteiger partial charge in [-0.3, -0.25) is 0 Å². The molecule has 3 heteroatoms. The minimum Gasteiger partial charge on any atom is -0.496 e. The van der Waals surface area contributed by atoms with E-state index in [1.165, 1.54) is 5.56 Å². The molecule has 0 saturated heterocycles. The molecule has 0 amide bonds. The second kappa shape index (κ2) is 6.67. The van der Waals surface area contributed by atoms with Crippen LogP contribution in [0.2, 0.25) is 5.02 Å². The van der Waals surface area contributed by atoms with Crippen molar-refractivity contribution in [3.05, 3.63) is 58.6 Å². The predicted octanol–water partition coefficient (Wildman–Crippen LogP) is 4.70.